The van der Waals surface area contributed by atoms with Crippen molar-refractivity contribution < 1.29 is 9.22 Å². The van der Waals surface area contributed by atoms with E-state index >= 15 is 0 Å². The number of quaternary nitrogens is 2. The van der Waals surface area contributed by atoms with Gasteiger partial charge in [0.2, 0.25) is 0 Å². The van der Waals surface area contributed by atoms with Crippen molar-refractivity contribution in [1.29, 1.82) is 10.5 Å². The molecule has 2 heterocycles. The van der Waals surface area contributed by atoms with Crippen molar-refractivity contribution in [3.63, 3.8) is 0 Å². The molecular formula is C33H32N6O+2. The fourth-order valence-corrected chi connectivity index (χ4v) is 4.82. The Morgan fingerprint density at radius 1 is 1.05 bits per heavy atom. The predicted molar refractivity (Wildman–Crippen MR) is 158 cm³/mol. The SMILES string of the molecule is [C-]#[N+]/C(C#N)=C(/C(C#N)=C/C=C1\Oc2ccc(-c3ccccc3)cc2[N+]1(C)CCC[N+](C)(C)C)c1cccnc1. The van der Waals surface area contributed by atoms with Crippen molar-refractivity contribution in [2.24, 2.45) is 0 Å². The van der Waals surface area contributed by atoms with Crippen molar-refractivity contribution in [3.8, 4) is 29.0 Å². The maximum absolute atomic E-state index is 10.1. The van der Waals surface area contributed by atoms with E-state index in [1.165, 1.54) is 0 Å². The highest BCUT2D eigenvalue weighted by Gasteiger charge is 2.42. The second-order valence-electron chi connectivity index (χ2n) is 10.8. The molecule has 0 amide bonds. The summed E-state index contributed by atoms with van der Waals surface area (Å²) in [5, 5.41) is 19.7. The Labute approximate surface area is 236 Å². The normalized spacial score (nSPS) is 18.1. The first kappa shape index (κ1) is 28.0. The lowest BCUT2D eigenvalue weighted by atomic mass is 9.97. The molecule has 1 aliphatic rings. The number of ether oxygens (including phenoxy) is 1. The Morgan fingerprint density at radius 2 is 1.82 bits per heavy atom. The van der Waals surface area contributed by atoms with Crippen LogP contribution in [0.1, 0.15) is 12.0 Å². The van der Waals surface area contributed by atoms with Crippen LogP contribution in [0, 0.1) is 29.2 Å². The molecule has 0 saturated carbocycles. The molecule has 198 valence electrons. The van der Waals surface area contributed by atoms with Gasteiger partial charge in [0.1, 0.15) is 0 Å². The minimum Gasteiger partial charge on any atom is -0.406 e. The fraction of sp³-hybridized carbons (Fsp3) is 0.212. The van der Waals surface area contributed by atoms with E-state index in [1.54, 1.807) is 36.7 Å². The summed E-state index contributed by atoms with van der Waals surface area (Å²) in [5.41, 5.74) is 4.09. The van der Waals surface area contributed by atoms with Gasteiger partial charge in [-0.3, -0.25) is 4.98 Å². The maximum atomic E-state index is 10.1. The molecule has 4 rings (SSSR count). The van der Waals surface area contributed by atoms with Gasteiger partial charge in [-0.2, -0.15) is 5.26 Å². The molecule has 0 bridgehead atoms. The Morgan fingerprint density at radius 3 is 2.45 bits per heavy atom. The summed E-state index contributed by atoms with van der Waals surface area (Å²) in [7, 11) is 8.66. The Balaban J connectivity index is 1.82. The molecular weight excluding hydrogens is 496 g/mol. The van der Waals surface area contributed by atoms with Crippen LogP contribution in [0.3, 0.4) is 0 Å². The summed E-state index contributed by atoms with van der Waals surface area (Å²) >= 11 is 0. The van der Waals surface area contributed by atoms with Gasteiger partial charge in [0.15, 0.2) is 11.4 Å². The van der Waals surface area contributed by atoms with Crippen LogP contribution in [-0.2, 0) is 0 Å². The van der Waals surface area contributed by atoms with Crippen molar-refractivity contribution in [1.82, 2.24) is 9.47 Å². The third-order valence-corrected chi connectivity index (χ3v) is 6.92. The topological polar surface area (TPSA) is 74.1 Å². The van der Waals surface area contributed by atoms with E-state index in [4.69, 9.17) is 11.3 Å². The van der Waals surface area contributed by atoms with Crippen LogP contribution in [-0.4, -0.2) is 50.7 Å². The molecule has 0 N–H and O–H groups in total. The molecule has 0 saturated heterocycles. The van der Waals surface area contributed by atoms with Crippen molar-refractivity contribution in [2.75, 3.05) is 41.3 Å². The molecule has 0 fully saturated rings. The van der Waals surface area contributed by atoms with Crippen LogP contribution in [0.15, 0.2) is 102 Å². The number of nitrogens with zero attached hydrogens (tertiary/aromatic N) is 6. The molecule has 40 heavy (non-hydrogen) atoms. The van der Waals surface area contributed by atoms with Gasteiger partial charge in [-0.25, -0.2) is 14.6 Å². The molecule has 0 aliphatic carbocycles. The molecule has 0 radical (unpaired) electrons. The lowest BCUT2D eigenvalue weighted by Crippen LogP contribution is -2.45. The Hall–Kier alpha value is -5.00. The van der Waals surface area contributed by atoms with Crippen molar-refractivity contribution in [3.05, 3.63) is 119 Å². The van der Waals surface area contributed by atoms with Crippen LogP contribution in [0.2, 0.25) is 0 Å². The fourth-order valence-electron chi connectivity index (χ4n) is 4.82. The standard InChI is InChI=1S/C33H32N6O/c1-36-29(23-35)33(28-13-9-18-37-24-28)27(22-34)15-17-32-39(5,20-10-19-38(2,3)4)30-21-26(14-16-31(30)40-32)25-11-7-6-8-12-25/h6-9,11-18,21,24H,10,19-20H2,2-5H3/q+2/b27-15+,32-17-,33-29-. The summed E-state index contributed by atoms with van der Waals surface area (Å²) in [6.45, 7) is 9.29. The van der Waals surface area contributed by atoms with E-state index in [2.05, 4.69) is 68.4 Å². The molecule has 7 nitrogen and oxygen atoms in total. The van der Waals surface area contributed by atoms with Crippen LogP contribution in [0.25, 0.3) is 21.5 Å². The quantitative estimate of drug-likeness (QED) is 0.148. The zero-order valence-corrected chi connectivity index (χ0v) is 23.3. The van der Waals surface area contributed by atoms with Crippen molar-refractivity contribution >= 4 is 11.3 Å². The monoisotopic (exact) mass is 528 g/mol. The number of hydrogen-bond donors (Lipinski definition) is 0. The first-order valence-corrected chi connectivity index (χ1v) is 13.0. The van der Waals surface area contributed by atoms with Gasteiger partial charge >= 0.3 is 5.88 Å². The van der Waals surface area contributed by atoms with E-state index in [1.807, 2.05) is 30.3 Å². The predicted octanol–water partition coefficient (Wildman–Crippen LogP) is 6.32. The number of benzene rings is 2. The van der Waals surface area contributed by atoms with Crippen molar-refractivity contribution in [2.45, 2.75) is 6.42 Å². The van der Waals surface area contributed by atoms with E-state index in [9.17, 15) is 10.5 Å². The van der Waals surface area contributed by atoms with Gasteiger partial charge in [-0.15, -0.1) is 0 Å². The van der Waals surface area contributed by atoms with Gasteiger partial charge in [-0.1, -0.05) is 42.5 Å². The number of allylic oxidation sites excluding steroid dienone is 5. The van der Waals surface area contributed by atoms with E-state index in [0.29, 0.717) is 15.9 Å². The smallest absolute Gasteiger partial charge is 0.302 e. The van der Waals surface area contributed by atoms with E-state index in [0.717, 1.165) is 46.6 Å². The minimum atomic E-state index is -0.164. The van der Waals surface area contributed by atoms with Gasteiger partial charge in [-0.05, 0) is 34.9 Å². The highest BCUT2D eigenvalue weighted by atomic mass is 16.5. The third-order valence-electron chi connectivity index (χ3n) is 6.92. The number of nitriles is 2. The number of rotatable bonds is 8. The average Bonchev–Trinajstić information content (AvgIpc) is 3.23. The summed E-state index contributed by atoms with van der Waals surface area (Å²) in [4.78, 5) is 7.51. The van der Waals surface area contributed by atoms with Crippen LogP contribution >= 0.6 is 0 Å². The first-order chi connectivity index (χ1) is 19.2. The molecule has 1 unspecified atom stereocenters. The molecule has 1 aromatic heterocycles. The zero-order chi connectivity index (χ0) is 28.8. The Bertz CT molecular complexity index is 1590. The highest BCUT2D eigenvalue weighted by Crippen LogP contribution is 2.46. The summed E-state index contributed by atoms with van der Waals surface area (Å²) in [5.74, 6) is 1.44. The third kappa shape index (κ3) is 6.01. The number of aromatic nitrogens is 1. The molecule has 2 aromatic carbocycles. The van der Waals surface area contributed by atoms with Crippen LogP contribution < -0.4 is 9.22 Å². The largest absolute Gasteiger partial charge is 0.406 e. The molecule has 7 heteroatoms. The highest BCUT2D eigenvalue weighted by molar-refractivity contribution is 5.88. The number of fused-ring (bicyclic) bond motifs is 1. The van der Waals surface area contributed by atoms with Gasteiger partial charge in [0.25, 0.3) is 5.70 Å². The summed E-state index contributed by atoms with van der Waals surface area (Å²) < 4.78 is 7.68. The van der Waals surface area contributed by atoms with E-state index < -0.39 is 0 Å². The zero-order valence-electron chi connectivity index (χ0n) is 23.3. The number of hydrogen-bond acceptors (Lipinski definition) is 4. The van der Waals surface area contributed by atoms with Crippen LogP contribution in [0.5, 0.6) is 5.75 Å². The van der Waals surface area contributed by atoms with E-state index in [-0.39, 0.29) is 16.8 Å². The van der Waals surface area contributed by atoms with Crippen LogP contribution in [0.4, 0.5) is 5.69 Å². The van der Waals surface area contributed by atoms with Gasteiger partial charge < -0.3 is 9.22 Å². The molecule has 3 aromatic rings. The molecule has 1 aliphatic heterocycles. The second kappa shape index (κ2) is 11.8. The average molecular weight is 529 g/mol. The number of pyridine rings is 1. The first-order valence-electron chi connectivity index (χ1n) is 13.0. The van der Waals surface area contributed by atoms with Gasteiger partial charge in [0, 0.05) is 36.5 Å². The molecule has 0 spiro atoms. The van der Waals surface area contributed by atoms with Gasteiger partial charge in [0.05, 0.1) is 65.6 Å². The summed E-state index contributed by atoms with van der Waals surface area (Å²) in [6.07, 6.45) is 7.54. The summed E-state index contributed by atoms with van der Waals surface area (Å²) in [6, 6.07) is 24.1. The lowest BCUT2D eigenvalue weighted by molar-refractivity contribution is -0.870. The maximum Gasteiger partial charge on any atom is 0.302 e. The molecule has 1 atom stereocenters. The second-order valence-corrected chi connectivity index (χ2v) is 10.8. The minimum absolute atomic E-state index is 0.164. The Kier molecular flexibility index (Phi) is 8.27. The lowest BCUT2D eigenvalue weighted by Gasteiger charge is -2.30.